The normalized spacial score (nSPS) is 13.0. The van der Waals surface area contributed by atoms with Crippen molar-refractivity contribution in [2.75, 3.05) is 6.54 Å². The molecule has 0 aliphatic rings. The molecule has 0 amide bonds. The lowest BCUT2D eigenvalue weighted by molar-refractivity contribution is 0.345. The minimum Gasteiger partial charge on any atom is -0.327 e. The highest BCUT2D eigenvalue weighted by Gasteiger charge is 2.07. The molecule has 0 bridgehead atoms. The number of rotatable bonds is 2. The quantitative estimate of drug-likeness (QED) is 0.742. The summed E-state index contributed by atoms with van der Waals surface area (Å²) in [5.74, 6) is 0. The summed E-state index contributed by atoms with van der Waals surface area (Å²) in [5.41, 5.74) is 5.42. The molecule has 2 nitrogen and oxygen atoms in total. The Balaban J connectivity index is 2.81. The van der Waals surface area contributed by atoms with Crippen LogP contribution >= 0.6 is 11.6 Å². The van der Waals surface area contributed by atoms with Gasteiger partial charge in [-0.1, -0.05) is 11.6 Å². The van der Waals surface area contributed by atoms with Gasteiger partial charge < -0.3 is 5.73 Å². The Bertz CT molecular complexity index is 224. The fourth-order valence-corrected chi connectivity index (χ4v) is 0.805. The molecule has 0 fully saturated rings. The van der Waals surface area contributed by atoms with E-state index < -0.39 is 6.17 Å². The zero-order chi connectivity index (χ0) is 8.27. The maximum Gasteiger partial charge on any atom is 0.154 e. The van der Waals surface area contributed by atoms with Crippen LogP contribution in [0.5, 0.6) is 0 Å². The van der Waals surface area contributed by atoms with E-state index in [0.717, 1.165) is 0 Å². The van der Waals surface area contributed by atoms with Crippen LogP contribution in [0.1, 0.15) is 11.9 Å². The molecule has 1 aromatic heterocycles. The van der Waals surface area contributed by atoms with Gasteiger partial charge in [0.2, 0.25) is 0 Å². The molecule has 60 valence electrons. The third-order valence-corrected chi connectivity index (χ3v) is 1.50. The third-order valence-electron chi connectivity index (χ3n) is 1.28. The maximum atomic E-state index is 12.8. The van der Waals surface area contributed by atoms with Gasteiger partial charge in [0.25, 0.3) is 0 Å². The van der Waals surface area contributed by atoms with Gasteiger partial charge in [0.05, 0.1) is 10.7 Å². The van der Waals surface area contributed by atoms with Gasteiger partial charge in [0.15, 0.2) is 6.17 Å². The first kappa shape index (κ1) is 8.43. The molecule has 0 radical (unpaired) electrons. The van der Waals surface area contributed by atoms with Crippen molar-refractivity contribution in [3.63, 3.8) is 0 Å². The van der Waals surface area contributed by atoms with Crippen LogP contribution < -0.4 is 5.73 Å². The van der Waals surface area contributed by atoms with Crippen LogP contribution in [0.4, 0.5) is 4.39 Å². The van der Waals surface area contributed by atoms with Gasteiger partial charge in [0, 0.05) is 12.7 Å². The highest BCUT2D eigenvalue weighted by Crippen LogP contribution is 2.14. The zero-order valence-corrected chi connectivity index (χ0v) is 6.55. The summed E-state index contributed by atoms with van der Waals surface area (Å²) in [7, 11) is 0. The summed E-state index contributed by atoms with van der Waals surface area (Å²) in [6.45, 7) is -0.0470. The van der Waals surface area contributed by atoms with Crippen LogP contribution in [0.2, 0.25) is 5.02 Å². The molecule has 1 unspecified atom stereocenters. The lowest BCUT2D eigenvalue weighted by Gasteiger charge is -2.02. The molecular formula is C7H8ClFN2. The third kappa shape index (κ3) is 2.13. The predicted molar refractivity (Wildman–Crippen MR) is 42.2 cm³/mol. The van der Waals surface area contributed by atoms with Crippen molar-refractivity contribution in [1.29, 1.82) is 0 Å². The molecule has 1 rings (SSSR count). The molecule has 2 N–H and O–H groups in total. The first-order valence-corrected chi connectivity index (χ1v) is 3.57. The van der Waals surface area contributed by atoms with Crippen molar-refractivity contribution in [3.05, 3.63) is 29.0 Å². The van der Waals surface area contributed by atoms with Crippen molar-refractivity contribution >= 4 is 11.6 Å². The van der Waals surface area contributed by atoms with Crippen molar-refractivity contribution in [2.45, 2.75) is 6.17 Å². The summed E-state index contributed by atoms with van der Waals surface area (Å²) in [6.07, 6.45) is 0.214. The number of aromatic nitrogens is 1. The molecule has 11 heavy (non-hydrogen) atoms. The first-order valence-electron chi connectivity index (χ1n) is 3.19. The topological polar surface area (TPSA) is 38.9 Å². The molecule has 0 saturated carbocycles. The second kappa shape index (κ2) is 3.64. The second-order valence-electron chi connectivity index (χ2n) is 2.10. The minimum atomic E-state index is -1.19. The lowest BCUT2D eigenvalue weighted by atomic mass is 10.2. The average Bonchev–Trinajstić information content (AvgIpc) is 2.05. The van der Waals surface area contributed by atoms with E-state index in [0.29, 0.717) is 10.7 Å². The highest BCUT2D eigenvalue weighted by molar-refractivity contribution is 6.30. The smallest absolute Gasteiger partial charge is 0.154 e. The van der Waals surface area contributed by atoms with Crippen LogP contribution in [-0.2, 0) is 0 Å². The fraction of sp³-hybridized carbons (Fsp3) is 0.286. The van der Waals surface area contributed by atoms with Gasteiger partial charge in [-0.15, -0.1) is 0 Å². The van der Waals surface area contributed by atoms with Crippen molar-refractivity contribution < 1.29 is 4.39 Å². The van der Waals surface area contributed by atoms with E-state index in [2.05, 4.69) is 4.98 Å². The van der Waals surface area contributed by atoms with Crippen LogP contribution in [0, 0.1) is 0 Å². The second-order valence-corrected chi connectivity index (χ2v) is 2.54. The Morgan fingerprint density at radius 1 is 1.64 bits per heavy atom. The number of nitrogens with two attached hydrogens (primary N) is 1. The summed E-state index contributed by atoms with van der Waals surface area (Å²) in [6, 6.07) is 3.12. The predicted octanol–water partition coefficient (Wildman–Crippen LogP) is 1.70. The van der Waals surface area contributed by atoms with Gasteiger partial charge in [0.1, 0.15) is 0 Å². The van der Waals surface area contributed by atoms with E-state index in [-0.39, 0.29) is 6.54 Å². The highest BCUT2D eigenvalue weighted by atomic mass is 35.5. The molecule has 0 aromatic carbocycles. The molecule has 4 heteroatoms. The van der Waals surface area contributed by atoms with Gasteiger partial charge in [-0.2, -0.15) is 0 Å². The van der Waals surface area contributed by atoms with E-state index >= 15 is 0 Å². The van der Waals surface area contributed by atoms with E-state index in [1.807, 2.05) is 0 Å². The average molecular weight is 175 g/mol. The van der Waals surface area contributed by atoms with E-state index in [4.69, 9.17) is 17.3 Å². The van der Waals surface area contributed by atoms with E-state index in [1.54, 1.807) is 6.07 Å². The Kier molecular flexibility index (Phi) is 2.79. The summed E-state index contributed by atoms with van der Waals surface area (Å²) >= 11 is 5.54. The largest absolute Gasteiger partial charge is 0.327 e. The monoisotopic (exact) mass is 174 g/mol. The Labute approximate surface area is 69.2 Å². The van der Waals surface area contributed by atoms with Crippen molar-refractivity contribution in [3.8, 4) is 0 Å². The van der Waals surface area contributed by atoms with Crippen LogP contribution in [-0.4, -0.2) is 11.5 Å². The molecule has 1 heterocycles. The summed E-state index contributed by atoms with van der Waals surface area (Å²) < 4.78 is 12.8. The molecule has 1 aromatic rings. The SMILES string of the molecule is NCC(F)c1ccc(Cl)cn1. The Morgan fingerprint density at radius 3 is 2.82 bits per heavy atom. The number of hydrogen-bond acceptors (Lipinski definition) is 2. The number of hydrogen-bond donors (Lipinski definition) is 1. The summed E-state index contributed by atoms with van der Waals surface area (Å²) in [4.78, 5) is 3.76. The van der Waals surface area contributed by atoms with Gasteiger partial charge in [-0.05, 0) is 12.1 Å². The van der Waals surface area contributed by atoms with E-state index in [9.17, 15) is 4.39 Å². The van der Waals surface area contributed by atoms with Crippen LogP contribution in [0.25, 0.3) is 0 Å². The van der Waals surface area contributed by atoms with Crippen molar-refractivity contribution in [1.82, 2.24) is 4.98 Å². The number of nitrogens with zero attached hydrogens (tertiary/aromatic N) is 1. The van der Waals surface area contributed by atoms with Gasteiger partial charge in [-0.25, -0.2) is 4.39 Å². The van der Waals surface area contributed by atoms with E-state index in [1.165, 1.54) is 12.3 Å². The number of alkyl halides is 1. The standard InChI is InChI=1S/C7H8ClFN2/c8-5-1-2-7(11-4-5)6(9)3-10/h1-2,4,6H,3,10H2. The summed E-state index contributed by atoms with van der Waals surface area (Å²) in [5, 5.41) is 0.498. The Hall–Kier alpha value is -0.670. The van der Waals surface area contributed by atoms with Crippen LogP contribution in [0.15, 0.2) is 18.3 Å². The van der Waals surface area contributed by atoms with Gasteiger partial charge in [-0.3, -0.25) is 4.98 Å². The van der Waals surface area contributed by atoms with Gasteiger partial charge >= 0.3 is 0 Å². The fourth-order valence-electron chi connectivity index (χ4n) is 0.693. The molecular weight excluding hydrogens is 167 g/mol. The Morgan fingerprint density at radius 2 is 2.36 bits per heavy atom. The molecule has 0 saturated heterocycles. The number of halogens is 2. The lowest BCUT2D eigenvalue weighted by Crippen LogP contribution is -2.08. The molecule has 0 spiro atoms. The molecule has 0 aliphatic heterocycles. The minimum absolute atomic E-state index is 0.0470. The molecule has 0 aliphatic carbocycles. The zero-order valence-electron chi connectivity index (χ0n) is 5.80. The van der Waals surface area contributed by atoms with Crippen LogP contribution in [0.3, 0.4) is 0 Å². The number of pyridine rings is 1. The first-order chi connectivity index (χ1) is 5.24. The van der Waals surface area contributed by atoms with Crippen molar-refractivity contribution in [2.24, 2.45) is 5.73 Å². The maximum absolute atomic E-state index is 12.8. The molecule has 1 atom stereocenters.